The zero-order valence-electron chi connectivity index (χ0n) is 10.8. The second-order valence-corrected chi connectivity index (χ2v) is 5.01. The monoisotopic (exact) mass is 392 g/mol. The lowest BCUT2D eigenvalue weighted by Gasteiger charge is -2.13. The Bertz CT molecular complexity index is 547. The van der Waals surface area contributed by atoms with Crippen LogP contribution in [0.15, 0.2) is 18.2 Å². The van der Waals surface area contributed by atoms with E-state index in [0.717, 1.165) is 10.7 Å². The summed E-state index contributed by atoms with van der Waals surface area (Å²) in [7, 11) is 1.12. The molecule has 0 spiro atoms. The lowest BCUT2D eigenvalue weighted by molar-refractivity contribution is -0.128. The Labute approximate surface area is 128 Å². The van der Waals surface area contributed by atoms with Gasteiger partial charge in [-0.15, -0.1) is 0 Å². The van der Waals surface area contributed by atoms with Crippen LogP contribution in [0.5, 0.6) is 0 Å². The normalized spacial score (nSPS) is 11.3. The minimum atomic E-state index is -1.15. The van der Waals surface area contributed by atoms with Crippen LogP contribution in [0.25, 0.3) is 0 Å². The molecule has 108 valence electrons. The molecule has 0 aliphatic carbocycles. The van der Waals surface area contributed by atoms with Gasteiger partial charge in [0.25, 0.3) is 5.91 Å². The van der Waals surface area contributed by atoms with Gasteiger partial charge in [-0.25, -0.2) is 9.59 Å². The smallest absolute Gasteiger partial charge is 0.413 e. The Kier molecular flexibility index (Phi) is 5.74. The number of nitrogens with one attached hydrogen (secondary N) is 1. The average molecular weight is 392 g/mol. The molecule has 0 aliphatic heterocycles. The van der Waals surface area contributed by atoms with E-state index in [0.29, 0.717) is 0 Å². The number of rotatable bonds is 3. The van der Waals surface area contributed by atoms with Gasteiger partial charge in [0.05, 0.1) is 12.7 Å². The van der Waals surface area contributed by atoms with Gasteiger partial charge in [0, 0.05) is 9.26 Å². The fourth-order valence-corrected chi connectivity index (χ4v) is 1.73. The van der Waals surface area contributed by atoms with Gasteiger partial charge in [-0.1, -0.05) is 0 Å². The molecule has 0 heterocycles. The van der Waals surface area contributed by atoms with Crippen LogP contribution in [-0.2, 0) is 14.3 Å². The molecular weight excluding hydrogens is 379 g/mol. The standard InChI is InChI=1S/C12H13IN2O5/c1-6(10(16)15-12(18)19-2)20-11(17)8-5-7(13)3-4-9(8)14/h3-6H,14H2,1-2H3,(H,15,16,18)/t6-/m0/s1. The number of benzene rings is 1. The lowest BCUT2D eigenvalue weighted by atomic mass is 10.2. The third-order valence-electron chi connectivity index (χ3n) is 2.30. The number of amides is 2. The predicted octanol–water partition coefficient (Wildman–Crippen LogP) is 1.30. The van der Waals surface area contributed by atoms with Crippen molar-refractivity contribution in [3.05, 3.63) is 27.3 Å². The molecule has 7 nitrogen and oxygen atoms in total. The van der Waals surface area contributed by atoms with Crippen molar-refractivity contribution in [2.45, 2.75) is 13.0 Å². The minimum absolute atomic E-state index is 0.162. The van der Waals surface area contributed by atoms with Gasteiger partial charge in [0.2, 0.25) is 0 Å². The van der Waals surface area contributed by atoms with Crippen molar-refractivity contribution in [2.75, 3.05) is 12.8 Å². The predicted molar refractivity (Wildman–Crippen MR) is 79.0 cm³/mol. The molecule has 20 heavy (non-hydrogen) atoms. The molecule has 0 saturated heterocycles. The van der Waals surface area contributed by atoms with Crippen molar-refractivity contribution in [1.82, 2.24) is 5.32 Å². The molecule has 0 bridgehead atoms. The van der Waals surface area contributed by atoms with Gasteiger partial charge in [0.15, 0.2) is 6.10 Å². The van der Waals surface area contributed by atoms with E-state index in [1.807, 2.05) is 27.9 Å². The average Bonchev–Trinajstić information content (AvgIpc) is 2.40. The summed E-state index contributed by atoms with van der Waals surface area (Å²) in [4.78, 5) is 34.3. The molecule has 1 aromatic rings. The number of hydrogen-bond donors (Lipinski definition) is 2. The number of alkyl carbamates (subject to hydrolysis) is 1. The Balaban J connectivity index is 2.72. The van der Waals surface area contributed by atoms with Crippen LogP contribution in [0.1, 0.15) is 17.3 Å². The van der Waals surface area contributed by atoms with Gasteiger partial charge < -0.3 is 15.2 Å². The molecule has 0 unspecified atom stereocenters. The van der Waals surface area contributed by atoms with Crippen molar-refractivity contribution in [2.24, 2.45) is 0 Å². The fraction of sp³-hybridized carbons (Fsp3) is 0.250. The van der Waals surface area contributed by atoms with Gasteiger partial charge in [-0.2, -0.15) is 0 Å². The van der Waals surface area contributed by atoms with Crippen LogP contribution in [0, 0.1) is 3.57 Å². The number of carbonyl (C=O) groups excluding carboxylic acids is 3. The molecule has 0 aliphatic rings. The molecule has 0 radical (unpaired) electrons. The number of anilines is 1. The van der Waals surface area contributed by atoms with Crippen molar-refractivity contribution in [1.29, 1.82) is 0 Å². The Hall–Kier alpha value is -1.84. The van der Waals surface area contributed by atoms with Crippen molar-refractivity contribution < 1.29 is 23.9 Å². The van der Waals surface area contributed by atoms with E-state index >= 15 is 0 Å². The van der Waals surface area contributed by atoms with Crippen LogP contribution < -0.4 is 11.1 Å². The van der Waals surface area contributed by atoms with E-state index in [1.54, 1.807) is 18.2 Å². The first-order valence-electron chi connectivity index (χ1n) is 5.50. The molecule has 2 amide bonds. The minimum Gasteiger partial charge on any atom is -0.453 e. The summed E-state index contributed by atoms with van der Waals surface area (Å²) in [6, 6.07) is 4.85. The van der Waals surface area contributed by atoms with Gasteiger partial charge in [-0.3, -0.25) is 10.1 Å². The number of carbonyl (C=O) groups is 3. The van der Waals surface area contributed by atoms with Crippen LogP contribution in [0.4, 0.5) is 10.5 Å². The van der Waals surface area contributed by atoms with Gasteiger partial charge in [0.1, 0.15) is 0 Å². The molecule has 0 aromatic heterocycles. The summed E-state index contributed by atoms with van der Waals surface area (Å²) >= 11 is 2.02. The first-order chi connectivity index (χ1) is 9.35. The Morgan fingerprint density at radius 2 is 2.00 bits per heavy atom. The Morgan fingerprint density at radius 1 is 1.35 bits per heavy atom. The molecule has 1 rings (SSSR count). The summed E-state index contributed by atoms with van der Waals surface area (Å²) in [5.41, 5.74) is 6.07. The quantitative estimate of drug-likeness (QED) is 0.456. The van der Waals surface area contributed by atoms with E-state index in [1.165, 1.54) is 6.92 Å². The molecule has 3 N–H and O–H groups in total. The summed E-state index contributed by atoms with van der Waals surface area (Å²) in [6.45, 7) is 1.33. The maximum atomic E-state index is 11.9. The highest BCUT2D eigenvalue weighted by atomic mass is 127. The SMILES string of the molecule is COC(=O)NC(=O)[C@H](C)OC(=O)c1cc(I)ccc1N. The van der Waals surface area contributed by atoms with Crippen LogP contribution >= 0.6 is 22.6 Å². The number of methoxy groups -OCH3 is 1. The number of nitrogen functional groups attached to an aromatic ring is 1. The zero-order chi connectivity index (χ0) is 15.3. The molecular formula is C12H13IN2O5. The van der Waals surface area contributed by atoms with Gasteiger partial charge in [-0.05, 0) is 47.7 Å². The molecule has 1 atom stereocenters. The zero-order valence-corrected chi connectivity index (χ0v) is 13.0. The third kappa shape index (κ3) is 4.37. The lowest BCUT2D eigenvalue weighted by Crippen LogP contribution is -2.39. The first-order valence-corrected chi connectivity index (χ1v) is 6.58. The van der Waals surface area contributed by atoms with Crippen molar-refractivity contribution in [3.63, 3.8) is 0 Å². The summed E-state index contributed by atoms with van der Waals surface area (Å²) in [6.07, 6.45) is -2.08. The summed E-state index contributed by atoms with van der Waals surface area (Å²) in [5.74, 6) is -1.53. The maximum Gasteiger partial charge on any atom is 0.413 e. The number of hydrogen-bond acceptors (Lipinski definition) is 6. The number of ether oxygens (including phenoxy) is 2. The second-order valence-electron chi connectivity index (χ2n) is 3.76. The number of halogens is 1. The summed E-state index contributed by atoms with van der Waals surface area (Å²) < 4.78 is 10.0. The highest BCUT2D eigenvalue weighted by Gasteiger charge is 2.22. The van der Waals surface area contributed by atoms with E-state index in [-0.39, 0.29) is 11.3 Å². The second kappa shape index (κ2) is 7.08. The van der Waals surface area contributed by atoms with Crippen LogP contribution in [0.2, 0.25) is 0 Å². The van der Waals surface area contributed by atoms with E-state index in [9.17, 15) is 14.4 Å². The highest BCUT2D eigenvalue weighted by molar-refractivity contribution is 14.1. The van der Waals surface area contributed by atoms with E-state index < -0.39 is 24.1 Å². The fourth-order valence-electron chi connectivity index (χ4n) is 1.24. The molecule has 0 fully saturated rings. The number of imide groups is 1. The van der Waals surface area contributed by atoms with Gasteiger partial charge >= 0.3 is 12.1 Å². The number of esters is 1. The van der Waals surface area contributed by atoms with E-state index in [2.05, 4.69) is 4.74 Å². The number of nitrogens with two attached hydrogens (primary N) is 1. The summed E-state index contributed by atoms with van der Waals surface area (Å²) in [5, 5.41) is 1.90. The molecule has 8 heteroatoms. The third-order valence-corrected chi connectivity index (χ3v) is 2.97. The topological polar surface area (TPSA) is 108 Å². The maximum absolute atomic E-state index is 11.9. The molecule has 1 aromatic carbocycles. The van der Waals surface area contributed by atoms with Crippen LogP contribution in [0.3, 0.4) is 0 Å². The van der Waals surface area contributed by atoms with Crippen LogP contribution in [-0.4, -0.2) is 31.2 Å². The highest BCUT2D eigenvalue weighted by Crippen LogP contribution is 2.17. The van der Waals surface area contributed by atoms with Crippen molar-refractivity contribution >= 4 is 46.2 Å². The Morgan fingerprint density at radius 3 is 2.60 bits per heavy atom. The molecule has 0 saturated carbocycles. The first kappa shape index (κ1) is 16.2. The van der Waals surface area contributed by atoms with E-state index in [4.69, 9.17) is 10.5 Å². The largest absolute Gasteiger partial charge is 0.453 e. The van der Waals surface area contributed by atoms with Crippen molar-refractivity contribution in [3.8, 4) is 0 Å².